The molecule has 1 unspecified atom stereocenters. The molecule has 0 spiro atoms. The fourth-order valence-electron chi connectivity index (χ4n) is 1.48. The first kappa shape index (κ1) is 14.5. The minimum absolute atomic E-state index is 0.141. The van der Waals surface area contributed by atoms with Gasteiger partial charge in [0.1, 0.15) is 0 Å². The lowest BCUT2D eigenvalue weighted by atomic mass is 10.0. The Labute approximate surface area is 115 Å². The molecule has 0 fully saturated rings. The highest BCUT2D eigenvalue weighted by Crippen LogP contribution is 2.22. The van der Waals surface area contributed by atoms with Crippen molar-refractivity contribution in [2.24, 2.45) is 5.92 Å². The average molecular weight is 320 g/mol. The number of hydrogen-bond donors (Lipinski definition) is 0. The van der Waals surface area contributed by atoms with Gasteiger partial charge in [-0.1, -0.05) is 18.5 Å². The summed E-state index contributed by atoms with van der Waals surface area (Å²) in [6.45, 7) is 2.05. The molecule has 94 valence electrons. The predicted octanol–water partition coefficient (Wildman–Crippen LogP) is 3.15. The number of halogens is 2. The van der Waals surface area contributed by atoms with Crippen LogP contribution in [0.3, 0.4) is 0 Å². The molecule has 0 N–H and O–H groups in total. The summed E-state index contributed by atoms with van der Waals surface area (Å²) in [6.07, 6.45) is 2.92. The van der Waals surface area contributed by atoms with E-state index in [9.17, 15) is 4.79 Å². The molecule has 0 aromatic carbocycles. The van der Waals surface area contributed by atoms with Crippen molar-refractivity contribution in [3.8, 4) is 0 Å². The zero-order valence-electron chi connectivity index (χ0n) is 10.2. The smallest absolute Gasteiger partial charge is 0.222 e. The molecule has 0 aliphatic heterocycles. The second-order valence-electron chi connectivity index (χ2n) is 4.38. The number of carbonyl (C=O) groups excluding carboxylic acids is 1. The Morgan fingerprint density at radius 1 is 1.59 bits per heavy atom. The standard InChI is InChI=1S/C12H16BrClN2O/c1-8(5-12(17)16(2)3)4-11-10(13)6-9(14)7-15-11/h6-8H,4-5H2,1-3H3. The van der Waals surface area contributed by atoms with Crippen LogP contribution in [-0.2, 0) is 11.2 Å². The summed E-state index contributed by atoms with van der Waals surface area (Å²) in [7, 11) is 3.54. The molecule has 3 nitrogen and oxygen atoms in total. The van der Waals surface area contributed by atoms with Crippen LogP contribution in [0.15, 0.2) is 16.7 Å². The van der Waals surface area contributed by atoms with E-state index in [0.29, 0.717) is 11.4 Å². The summed E-state index contributed by atoms with van der Waals surface area (Å²) >= 11 is 9.25. The summed E-state index contributed by atoms with van der Waals surface area (Å²) in [5.74, 6) is 0.400. The molecule has 1 rings (SSSR count). The lowest BCUT2D eigenvalue weighted by Crippen LogP contribution is -2.24. The molecular formula is C12H16BrClN2O. The topological polar surface area (TPSA) is 33.2 Å². The fraction of sp³-hybridized carbons (Fsp3) is 0.500. The quantitative estimate of drug-likeness (QED) is 0.854. The van der Waals surface area contributed by atoms with Crippen LogP contribution in [0, 0.1) is 5.92 Å². The minimum Gasteiger partial charge on any atom is -0.349 e. The van der Waals surface area contributed by atoms with E-state index in [2.05, 4.69) is 20.9 Å². The molecule has 1 aromatic heterocycles. The molecule has 1 amide bonds. The molecule has 1 aromatic rings. The molecule has 0 bridgehead atoms. The number of amides is 1. The number of aromatic nitrogens is 1. The molecule has 0 saturated heterocycles. The predicted molar refractivity (Wildman–Crippen MR) is 73.1 cm³/mol. The number of carbonyl (C=O) groups is 1. The number of pyridine rings is 1. The third-order valence-corrected chi connectivity index (χ3v) is 3.34. The summed E-state index contributed by atoms with van der Waals surface area (Å²) in [5, 5.41) is 0.609. The highest BCUT2D eigenvalue weighted by atomic mass is 79.9. The Morgan fingerprint density at radius 2 is 2.24 bits per heavy atom. The van der Waals surface area contributed by atoms with Gasteiger partial charge in [-0.05, 0) is 34.3 Å². The third kappa shape index (κ3) is 4.64. The SMILES string of the molecule is CC(CC(=O)N(C)C)Cc1ncc(Cl)cc1Br. The molecule has 5 heteroatoms. The monoisotopic (exact) mass is 318 g/mol. The van der Waals surface area contributed by atoms with Crippen molar-refractivity contribution in [1.29, 1.82) is 0 Å². The van der Waals surface area contributed by atoms with Gasteiger partial charge < -0.3 is 4.90 Å². The van der Waals surface area contributed by atoms with Crippen molar-refractivity contribution in [1.82, 2.24) is 9.88 Å². The Kier molecular flexibility index (Phi) is 5.40. The van der Waals surface area contributed by atoms with Gasteiger partial charge >= 0.3 is 0 Å². The summed E-state index contributed by atoms with van der Waals surface area (Å²) in [5.41, 5.74) is 0.938. The first-order valence-electron chi connectivity index (χ1n) is 5.40. The van der Waals surface area contributed by atoms with Gasteiger partial charge in [-0.2, -0.15) is 0 Å². The van der Waals surface area contributed by atoms with E-state index in [1.807, 2.05) is 13.0 Å². The summed E-state index contributed by atoms with van der Waals surface area (Å²) in [6, 6.07) is 1.82. The number of hydrogen-bond acceptors (Lipinski definition) is 2. The van der Waals surface area contributed by atoms with Gasteiger partial charge in [0, 0.05) is 31.2 Å². The van der Waals surface area contributed by atoms with Crippen molar-refractivity contribution < 1.29 is 4.79 Å². The van der Waals surface area contributed by atoms with Crippen LogP contribution >= 0.6 is 27.5 Å². The third-order valence-electron chi connectivity index (χ3n) is 2.45. The molecule has 1 atom stereocenters. The van der Waals surface area contributed by atoms with Crippen molar-refractivity contribution in [2.45, 2.75) is 19.8 Å². The van der Waals surface area contributed by atoms with Crippen LogP contribution in [0.5, 0.6) is 0 Å². The van der Waals surface area contributed by atoms with E-state index in [4.69, 9.17) is 11.6 Å². The van der Waals surface area contributed by atoms with E-state index in [-0.39, 0.29) is 11.8 Å². The zero-order valence-corrected chi connectivity index (χ0v) is 12.5. The van der Waals surface area contributed by atoms with E-state index in [0.717, 1.165) is 16.6 Å². The summed E-state index contributed by atoms with van der Waals surface area (Å²) < 4.78 is 0.897. The van der Waals surface area contributed by atoms with Crippen LogP contribution in [0.4, 0.5) is 0 Å². The number of nitrogens with zero attached hydrogens (tertiary/aromatic N) is 2. The second kappa shape index (κ2) is 6.36. The lowest BCUT2D eigenvalue weighted by Gasteiger charge is -2.15. The molecule has 0 radical (unpaired) electrons. The molecule has 17 heavy (non-hydrogen) atoms. The van der Waals surface area contributed by atoms with Crippen LogP contribution in [0.1, 0.15) is 19.0 Å². The number of rotatable bonds is 4. The Hall–Kier alpha value is -0.610. The molecular weight excluding hydrogens is 304 g/mol. The summed E-state index contributed by atoms with van der Waals surface area (Å²) in [4.78, 5) is 17.4. The molecule has 0 aliphatic rings. The van der Waals surface area contributed by atoms with E-state index in [1.165, 1.54) is 0 Å². The van der Waals surface area contributed by atoms with Gasteiger partial charge in [0.25, 0.3) is 0 Å². The van der Waals surface area contributed by atoms with Crippen LogP contribution < -0.4 is 0 Å². The van der Waals surface area contributed by atoms with Gasteiger partial charge in [0.2, 0.25) is 5.91 Å². The van der Waals surface area contributed by atoms with Crippen LogP contribution in [-0.4, -0.2) is 29.9 Å². The van der Waals surface area contributed by atoms with Gasteiger partial charge in [0.05, 0.1) is 10.7 Å². The van der Waals surface area contributed by atoms with Crippen LogP contribution in [0.25, 0.3) is 0 Å². The zero-order chi connectivity index (χ0) is 13.0. The maximum absolute atomic E-state index is 11.6. The first-order valence-corrected chi connectivity index (χ1v) is 6.57. The van der Waals surface area contributed by atoms with E-state index >= 15 is 0 Å². The van der Waals surface area contributed by atoms with Gasteiger partial charge in [-0.25, -0.2) is 0 Å². The van der Waals surface area contributed by atoms with Gasteiger partial charge in [-0.3, -0.25) is 9.78 Å². The lowest BCUT2D eigenvalue weighted by molar-refractivity contribution is -0.129. The first-order chi connectivity index (χ1) is 7.90. The Bertz CT molecular complexity index is 409. The van der Waals surface area contributed by atoms with Crippen LogP contribution in [0.2, 0.25) is 5.02 Å². The normalized spacial score (nSPS) is 12.3. The van der Waals surface area contributed by atoms with Gasteiger partial charge in [-0.15, -0.1) is 0 Å². The van der Waals surface area contributed by atoms with Crippen molar-refractivity contribution >= 4 is 33.4 Å². The molecule has 0 aliphatic carbocycles. The molecule has 0 saturated carbocycles. The van der Waals surface area contributed by atoms with Crippen molar-refractivity contribution in [3.63, 3.8) is 0 Å². The highest BCUT2D eigenvalue weighted by Gasteiger charge is 2.13. The largest absolute Gasteiger partial charge is 0.349 e. The van der Waals surface area contributed by atoms with Crippen molar-refractivity contribution in [2.75, 3.05) is 14.1 Å². The average Bonchev–Trinajstić information content (AvgIpc) is 2.22. The second-order valence-corrected chi connectivity index (χ2v) is 5.67. The fourth-order valence-corrected chi connectivity index (χ4v) is 2.28. The maximum atomic E-state index is 11.6. The highest BCUT2D eigenvalue weighted by molar-refractivity contribution is 9.10. The molecule has 1 heterocycles. The Morgan fingerprint density at radius 3 is 2.76 bits per heavy atom. The van der Waals surface area contributed by atoms with Gasteiger partial charge in [0.15, 0.2) is 0 Å². The van der Waals surface area contributed by atoms with E-state index < -0.39 is 0 Å². The van der Waals surface area contributed by atoms with E-state index in [1.54, 1.807) is 25.2 Å². The van der Waals surface area contributed by atoms with Crippen molar-refractivity contribution in [3.05, 3.63) is 27.5 Å². The Balaban J connectivity index is 2.62. The maximum Gasteiger partial charge on any atom is 0.222 e. The minimum atomic E-state index is 0.141.